The van der Waals surface area contributed by atoms with Crippen LogP contribution in [0.25, 0.3) is 0 Å². The number of nitrogens with zero attached hydrogens (tertiary/aromatic N) is 3. The SMILES string of the molecule is COc1ccc(N2C(=O)CC(N(CCN3CCOCC3)S(=O)(=O)c3c(C)c(C)cc(C)c3C)C2=O)cc1. The average molecular weight is 530 g/mol. The van der Waals surface area contributed by atoms with Gasteiger partial charge in [0.25, 0.3) is 5.91 Å². The summed E-state index contributed by atoms with van der Waals surface area (Å²) >= 11 is 0. The molecular weight excluding hydrogens is 494 g/mol. The van der Waals surface area contributed by atoms with Crippen molar-refractivity contribution < 1.29 is 27.5 Å². The maximum Gasteiger partial charge on any atom is 0.252 e. The van der Waals surface area contributed by atoms with E-state index >= 15 is 0 Å². The van der Waals surface area contributed by atoms with E-state index in [2.05, 4.69) is 4.90 Å². The Bertz CT molecular complexity index is 1260. The molecule has 9 nitrogen and oxygen atoms in total. The zero-order valence-electron chi connectivity index (χ0n) is 22.1. The minimum atomic E-state index is -4.11. The van der Waals surface area contributed by atoms with Crippen LogP contribution in [0.4, 0.5) is 5.69 Å². The summed E-state index contributed by atoms with van der Waals surface area (Å²) in [6, 6.07) is 7.43. The lowest BCUT2D eigenvalue weighted by molar-refractivity contribution is -0.122. The number of morpholine rings is 1. The molecule has 2 aromatic rings. The number of carbonyl (C=O) groups excluding carboxylic acids is 2. The predicted octanol–water partition coefficient (Wildman–Crippen LogP) is 2.58. The Balaban J connectivity index is 1.73. The second-order valence-corrected chi connectivity index (χ2v) is 11.5. The smallest absolute Gasteiger partial charge is 0.252 e. The maximum absolute atomic E-state index is 14.3. The summed E-state index contributed by atoms with van der Waals surface area (Å²) in [6.45, 7) is 10.4. The Morgan fingerprint density at radius 3 is 2.16 bits per heavy atom. The highest BCUT2D eigenvalue weighted by Gasteiger charge is 2.47. The van der Waals surface area contributed by atoms with Crippen LogP contribution in [0.15, 0.2) is 35.2 Å². The summed E-state index contributed by atoms with van der Waals surface area (Å²) in [6.07, 6.45) is -0.212. The third-order valence-corrected chi connectivity index (χ3v) is 9.59. The predicted molar refractivity (Wildman–Crippen MR) is 140 cm³/mol. The fraction of sp³-hybridized carbons (Fsp3) is 0.481. The second kappa shape index (κ2) is 10.9. The summed E-state index contributed by atoms with van der Waals surface area (Å²) in [5, 5.41) is 0. The fourth-order valence-corrected chi connectivity index (χ4v) is 7.19. The summed E-state index contributed by atoms with van der Waals surface area (Å²) in [5.74, 6) is -0.379. The molecule has 2 aliphatic heterocycles. The van der Waals surface area contributed by atoms with Gasteiger partial charge in [0.2, 0.25) is 15.9 Å². The summed E-state index contributed by atoms with van der Waals surface area (Å²) in [7, 11) is -2.58. The number of rotatable bonds is 8. The lowest BCUT2D eigenvalue weighted by Crippen LogP contribution is -2.49. The Morgan fingerprint density at radius 2 is 1.59 bits per heavy atom. The standard InChI is InChI=1S/C27H35N3O6S/c1-18-16-19(2)21(4)26(20(18)3)37(33,34)29(11-10-28-12-14-36-15-13-28)24-17-25(31)30(27(24)32)22-6-8-23(35-5)9-7-22/h6-9,16,24H,10-15,17H2,1-5H3. The van der Waals surface area contributed by atoms with Crippen molar-refractivity contribution in [2.24, 2.45) is 0 Å². The van der Waals surface area contributed by atoms with Crippen molar-refractivity contribution >= 4 is 27.5 Å². The highest BCUT2D eigenvalue weighted by molar-refractivity contribution is 7.89. The van der Waals surface area contributed by atoms with Crippen LogP contribution in [-0.4, -0.2) is 82.0 Å². The van der Waals surface area contributed by atoms with Gasteiger partial charge in [0.1, 0.15) is 11.8 Å². The van der Waals surface area contributed by atoms with Crippen molar-refractivity contribution in [1.82, 2.24) is 9.21 Å². The number of methoxy groups -OCH3 is 1. The average Bonchev–Trinajstić information content (AvgIpc) is 3.16. The van der Waals surface area contributed by atoms with Gasteiger partial charge in [-0.25, -0.2) is 13.3 Å². The molecule has 4 rings (SSSR count). The lowest BCUT2D eigenvalue weighted by Gasteiger charge is -2.32. The van der Waals surface area contributed by atoms with Crippen LogP contribution in [-0.2, 0) is 24.3 Å². The largest absolute Gasteiger partial charge is 0.497 e. The summed E-state index contributed by atoms with van der Waals surface area (Å²) < 4.78 is 40.5. The molecule has 2 amide bonds. The molecule has 1 atom stereocenters. The van der Waals surface area contributed by atoms with Gasteiger partial charge in [-0.1, -0.05) is 6.07 Å². The van der Waals surface area contributed by atoms with Crippen LogP contribution in [0.1, 0.15) is 28.7 Å². The van der Waals surface area contributed by atoms with Gasteiger partial charge in [-0.3, -0.25) is 14.5 Å². The van der Waals surface area contributed by atoms with Crippen LogP contribution >= 0.6 is 0 Å². The topological polar surface area (TPSA) is 96.5 Å². The van der Waals surface area contributed by atoms with Gasteiger partial charge >= 0.3 is 0 Å². The first-order chi connectivity index (χ1) is 17.6. The molecule has 0 radical (unpaired) electrons. The van der Waals surface area contributed by atoms with Crippen LogP contribution < -0.4 is 9.64 Å². The molecule has 2 aromatic carbocycles. The number of benzene rings is 2. The van der Waals surface area contributed by atoms with Crippen LogP contribution in [0.3, 0.4) is 0 Å². The first kappa shape index (κ1) is 27.3. The molecule has 2 heterocycles. The zero-order chi connectivity index (χ0) is 26.9. The molecule has 0 bridgehead atoms. The Kier molecular flexibility index (Phi) is 8.03. The molecular formula is C27H35N3O6S. The van der Waals surface area contributed by atoms with E-state index in [1.54, 1.807) is 38.1 Å². The molecule has 0 spiro atoms. The van der Waals surface area contributed by atoms with E-state index in [0.29, 0.717) is 55.4 Å². The number of hydrogen-bond acceptors (Lipinski definition) is 7. The lowest BCUT2D eigenvalue weighted by atomic mass is 10.0. The number of carbonyl (C=O) groups is 2. The number of anilines is 1. The number of aryl methyl sites for hydroxylation is 2. The molecule has 2 fully saturated rings. The van der Waals surface area contributed by atoms with Gasteiger partial charge in [-0.15, -0.1) is 0 Å². The fourth-order valence-electron chi connectivity index (χ4n) is 5.04. The summed E-state index contributed by atoms with van der Waals surface area (Å²) in [4.78, 5) is 30.2. The minimum absolute atomic E-state index is 0.0916. The van der Waals surface area contributed by atoms with Crippen LogP contribution in [0, 0.1) is 27.7 Å². The minimum Gasteiger partial charge on any atom is -0.497 e. The van der Waals surface area contributed by atoms with Crippen LogP contribution in [0.5, 0.6) is 5.75 Å². The quantitative estimate of drug-likeness (QED) is 0.485. The van der Waals surface area contributed by atoms with E-state index in [4.69, 9.17) is 9.47 Å². The van der Waals surface area contributed by atoms with Crippen molar-refractivity contribution in [2.45, 2.75) is 45.1 Å². The first-order valence-electron chi connectivity index (χ1n) is 12.5. The van der Waals surface area contributed by atoms with Crippen molar-refractivity contribution in [3.8, 4) is 5.75 Å². The van der Waals surface area contributed by atoms with Crippen molar-refractivity contribution in [3.05, 3.63) is 52.6 Å². The van der Waals surface area contributed by atoms with E-state index < -0.39 is 27.9 Å². The van der Waals surface area contributed by atoms with E-state index in [-0.39, 0.29) is 17.9 Å². The number of hydrogen-bond donors (Lipinski definition) is 0. The highest BCUT2D eigenvalue weighted by atomic mass is 32.2. The van der Waals surface area contributed by atoms with Crippen molar-refractivity contribution in [2.75, 3.05) is 51.4 Å². The zero-order valence-corrected chi connectivity index (χ0v) is 22.9. The van der Waals surface area contributed by atoms with Crippen LogP contribution in [0.2, 0.25) is 0 Å². The van der Waals surface area contributed by atoms with Gasteiger partial charge in [0.15, 0.2) is 0 Å². The molecule has 2 saturated heterocycles. The van der Waals surface area contributed by atoms with E-state index in [0.717, 1.165) is 16.0 Å². The summed E-state index contributed by atoms with van der Waals surface area (Å²) in [5.41, 5.74) is 3.43. The molecule has 0 N–H and O–H groups in total. The first-order valence-corrected chi connectivity index (χ1v) is 13.9. The number of sulfonamides is 1. The third-order valence-electron chi connectivity index (χ3n) is 7.41. The number of ether oxygens (including phenoxy) is 2. The maximum atomic E-state index is 14.3. The van der Waals surface area contributed by atoms with Gasteiger partial charge in [-0.2, -0.15) is 4.31 Å². The van der Waals surface area contributed by atoms with E-state index in [1.807, 2.05) is 19.9 Å². The van der Waals surface area contributed by atoms with Gasteiger partial charge in [-0.05, 0) is 74.2 Å². The third kappa shape index (κ3) is 5.29. The monoisotopic (exact) mass is 529 g/mol. The molecule has 0 saturated carbocycles. The molecule has 0 aromatic heterocycles. The Morgan fingerprint density at radius 1 is 1.00 bits per heavy atom. The number of amides is 2. The van der Waals surface area contributed by atoms with Gasteiger partial charge in [0.05, 0.1) is 37.3 Å². The molecule has 1 unspecified atom stereocenters. The highest BCUT2D eigenvalue weighted by Crippen LogP contribution is 2.34. The van der Waals surface area contributed by atoms with Gasteiger partial charge < -0.3 is 9.47 Å². The second-order valence-electron chi connectivity index (χ2n) is 9.64. The molecule has 200 valence electrons. The van der Waals surface area contributed by atoms with E-state index in [1.165, 1.54) is 11.4 Å². The normalized spacial score (nSPS) is 19.2. The van der Waals surface area contributed by atoms with Crippen molar-refractivity contribution in [1.29, 1.82) is 0 Å². The molecule has 10 heteroatoms. The molecule has 37 heavy (non-hydrogen) atoms. The van der Waals surface area contributed by atoms with E-state index in [9.17, 15) is 18.0 Å². The molecule has 2 aliphatic rings. The van der Waals surface area contributed by atoms with Gasteiger partial charge in [0, 0.05) is 26.2 Å². The Hall–Kier alpha value is -2.79. The van der Waals surface area contributed by atoms with Crippen molar-refractivity contribution in [3.63, 3.8) is 0 Å². The number of imide groups is 1. The molecule has 0 aliphatic carbocycles. The Labute approximate surface area is 219 Å².